The summed E-state index contributed by atoms with van der Waals surface area (Å²) in [5.74, 6) is 1.68. The van der Waals surface area contributed by atoms with E-state index < -0.39 is 11.9 Å². The second-order valence-electron chi connectivity index (χ2n) is 9.82. The van der Waals surface area contributed by atoms with Crippen LogP contribution >= 0.6 is 0 Å². The van der Waals surface area contributed by atoms with Crippen molar-refractivity contribution in [3.05, 3.63) is 100 Å². The Hall–Kier alpha value is -4.97. The van der Waals surface area contributed by atoms with E-state index in [4.69, 9.17) is 10.8 Å². The van der Waals surface area contributed by atoms with Crippen molar-refractivity contribution in [1.29, 1.82) is 0 Å². The van der Waals surface area contributed by atoms with Crippen LogP contribution in [0.1, 0.15) is 41.8 Å². The van der Waals surface area contributed by atoms with Crippen LogP contribution in [0.5, 0.6) is 0 Å². The number of nitrogens with zero attached hydrogens (tertiary/aromatic N) is 2. The van der Waals surface area contributed by atoms with Gasteiger partial charge in [0, 0.05) is 23.8 Å². The molecule has 0 radical (unpaired) electrons. The highest BCUT2D eigenvalue weighted by atomic mass is 19.1. The van der Waals surface area contributed by atoms with Crippen LogP contribution in [0.4, 0.5) is 4.39 Å². The first kappa shape index (κ1) is 26.6. The number of furan rings is 1. The lowest BCUT2D eigenvalue weighted by Gasteiger charge is -2.28. The van der Waals surface area contributed by atoms with Gasteiger partial charge in [-0.05, 0) is 60.0 Å². The Balaban J connectivity index is 1.40. The largest absolute Gasteiger partial charge is 0.467 e. The summed E-state index contributed by atoms with van der Waals surface area (Å²) in [5, 5.41) is 10.7. The van der Waals surface area contributed by atoms with Gasteiger partial charge >= 0.3 is 0 Å². The summed E-state index contributed by atoms with van der Waals surface area (Å²) >= 11 is 0. The third kappa shape index (κ3) is 5.71. The van der Waals surface area contributed by atoms with Crippen molar-refractivity contribution in [2.75, 3.05) is 6.54 Å². The van der Waals surface area contributed by atoms with E-state index in [1.54, 1.807) is 25.3 Å². The second kappa shape index (κ2) is 11.4. The molecule has 40 heavy (non-hydrogen) atoms. The van der Waals surface area contributed by atoms with E-state index in [9.17, 15) is 18.8 Å². The first-order chi connectivity index (χ1) is 19.3. The predicted octanol–water partition coefficient (Wildman–Crippen LogP) is 4.19. The standard InChI is InChI=1S/C31H27FN4O4/c1-3-10-36(18-24-5-4-11-40-24)29(39)16-22-15-21(7-8-25(22)32)31-30(19(2)12-28(38)34-31)27(37)14-20-6-9-26-23(13-20)17-33-35-26/h1,4-9,11,13,15,17,31H,10,12,14,16,18H2,2H3,(H,33,35)(H,34,38). The predicted molar refractivity (Wildman–Crippen MR) is 146 cm³/mol. The van der Waals surface area contributed by atoms with Crippen LogP contribution in [0.3, 0.4) is 0 Å². The fourth-order valence-corrected chi connectivity index (χ4v) is 5.02. The Kier molecular flexibility index (Phi) is 7.60. The zero-order valence-electron chi connectivity index (χ0n) is 21.9. The third-order valence-electron chi connectivity index (χ3n) is 6.96. The van der Waals surface area contributed by atoms with Gasteiger partial charge in [0.2, 0.25) is 11.8 Å². The fraction of sp³-hybridized carbons (Fsp3) is 0.226. The molecule has 0 fully saturated rings. The molecule has 0 saturated heterocycles. The summed E-state index contributed by atoms with van der Waals surface area (Å²) in [7, 11) is 0. The van der Waals surface area contributed by atoms with Gasteiger partial charge in [-0.3, -0.25) is 19.5 Å². The summed E-state index contributed by atoms with van der Waals surface area (Å²) in [6, 6.07) is 12.6. The number of H-pyrrole nitrogens is 1. The number of ketones is 1. The molecule has 4 aromatic rings. The topological polar surface area (TPSA) is 108 Å². The molecule has 3 heterocycles. The molecule has 1 aliphatic heterocycles. The molecule has 202 valence electrons. The van der Waals surface area contributed by atoms with Gasteiger partial charge in [0.05, 0.1) is 43.5 Å². The number of Topliss-reactive ketones (excluding diaryl/α,β-unsaturated/α-hetero) is 1. The lowest BCUT2D eigenvalue weighted by Crippen LogP contribution is -2.37. The number of nitrogens with one attached hydrogen (secondary N) is 2. The van der Waals surface area contributed by atoms with Crippen molar-refractivity contribution in [3.8, 4) is 12.3 Å². The van der Waals surface area contributed by atoms with E-state index in [0.29, 0.717) is 22.5 Å². The van der Waals surface area contributed by atoms with Crippen molar-refractivity contribution in [1.82, 2.24) is 20.4 Å². The molecule has 2 aromatic heterocycles. The Labute approximate surface area is 230 Å². The highest BCUT2D eigenvalue weighted by molar-refractivity contribution is 6.02. The molecule has 2 N–H and O–H groups in total. The molecule has 0 bridgehead atoms. The number of rotatable bonds is 9. The third-order valence-corrected chi connectivity index (χ3v) is 6.96. The lowest BCUT2D eigenvalue weighted by molar-refractivity contribution is -0.130. The normalized spacial score (nSPS) is 15.1. The SMILES string of the molecule is C#CCN(Cc1ccco1)C(=O)Cc1cc(C2NC(=O)CC(C)=C2C(=O)Cc2ccc3[nH]ncc3c2)ccc1F. The van der Waals surface area contributed by atoms with Gasteiger partial charge in [0.1, 0.15) is 11.6 Å². The van der Waals surface area contributed by atoms with Crippen LogP contribution in [0.15, 0.2) is 76.6 Å². The van der Waals surface area contributed by atoms with Gasteiger partial charge in [0.15, 0.2) is 5.78 Å². The number of carbonyl (C=O) groups excluding carboxylic acids is 3. The molecule has 1 atom stereocenters. The summed E-state index contributed by atoms with van der Waals surface area (Å²) in [6.07, 6.45) is 8.62. The first-order valence-electron chi connectivity index (χ1n) is 12.8. The van der Waals surface area contributed by atoms with Crippen LogP contribution < -0.4 is 5.32 Å². The molecule has 0 saturated carbocycles. The quantitative estimate of drug-likeness (QED) is 0.311. The highest BCUT2D eigenvalue weighted by Crippen LogP contribution is 2.32. The zero-order valence-corrected chi connectivity index (χ0v) is 21.9. The Morgan fingerprint density at radius 2 is 2.05 bits per heavy atom. The van der Waals surface area contributed by atoms with Gasteiger partial charge in [-0.1, -0.05) is 23.6 Å². The number of fused-ring (bicyclic) bond motifs is 1. The number of hydrogen-bond donors (Lipinski definition) is 2. The van der Waals surface area contributed by atoms with Crippen LogP contribution in [0, 0.1) is 18.2 Å². The summed E-state index contributed by atoms with van der Waals surface area (Å²) < 4.78 is 20.2. The molecule has 2 amide bonds. The highest BCUT2D eigenvalue weighted by Gasteiger charge is 2.31. The molecule has 1 aliphatic rings. The number of hydrogen-bond acceptors (Lipinski definition) is 5. The van der Waals surface area contributed by atoms with Crippen molar-refractivity contribution < 1.29 is 23.2 Å². The van der Waals surface area contributed by atoms with Crippen molar-refractivity contribution in [2.24, 2.45) is 0 Å². The molecule has 0 spiro atoms. The Morgan fingerprint density at radius 3 is 2.83 bits per heavy atom. The van der Waals surface area contributed by atoms with E-state index in [1.807, 2.05) is 18.2 Å². The van der Waals surface area contributed by atoms with Gasteiger partial charge < -0.3 is 14.6 Å². The molecular weight excluding hydrogens is 511 g/mol. The minimum Gasteiger partial charge on any atom is -0.467 e. The summed E-state index contributed by atoms with van der Waals surface area (Å²) in [5.41, 5.74) is 3.45. The number of halogens is 1. The van der Waals surface area contributed by atoms with E-state index in [2.05, 4.69) is 21.4 Å². The minimum atomic E-state index is -0.772. The molecular formula is C31H27FN4O4. The first-order valence-corrected chi connectivity index (χ1v) is 12.8. The summed E-state index contributed by atoms with van der Waals surface area (Å²) in [6.45, 7) is 1.95. The Bertz CT molecular complexity index is 1660. The van der Waals surface area contributed by atoms with Crippen LogP contribution in [-0.4, -0.2) is 39.2 Å². The van der Waals surface area contributed by atoms with E-state index in [-0.39, 0.29) is 55.5 Å². The number of aromatic amines is 1. The van der Waals surface area contributed by atoms with Gasteiger partial charge in [0.25, 0.3) is 0 Å². The maximum atomic E-state index is 14.9. The monoisotopic (exact) mass is 538 g/mol. The second-order valence-corrected chi connectivity index (χ2v) is 9.82. The van der Waals surface area contributed by atoms with Crippen LogP contribution in [0.2, 0.25) is 0 Å². The van der Waals surface area contributed by atoms with Crippen LogP contribution in [-0.2, 0) is 33.8 Å². The number of aromatic nitrogens is 2. The number of carbonyl (C=O) groups is 3. The molecule has 0 aliphatic carbocycles. The van der Waals surface area contributed by atoms with Gasteiger partial charge in [-0.25, -0.2) is 4.39 Å². The summed E-state index contributed by atoms with van der Waals surface area (Å²) in [4.78, 5) is 40.6. The minimum absolute atomic E-state index is 0.0325. The average molecular weight is 539 g/mol. The smallest absolute Gasteiger partial charge is 0.228 e. The molecule has 8 nitrogen and oxygen atoms in total. The fourth-order valence-electron chi connectivity index (χ4n) is 5.02. The lowest BCUT2D eigenvalue weighted by atomic mass is 9.85. The number of benzene rings is 2. The van der Waals surface area contributed by atoms with Gasteiger partial charge in [-0.2, -0.15) is 5.10 Å². The van der Waals surface area contributed by atoms with E-state index in [1.165, 1.54) is 29.4 Å². The maximum Gasteiger partial charge on any atom is 0.228 e. The molecule has 5 rings (SSSR count). The van der Waals surface area contributed by atoms with Crippen molar-refractivity contribution >= 4 is 28.5 Å². The molecule has 9 heteroatoms. The van der Waals surface area contributed by atoms with E-state index in [0.717, 1.165) is 16.5 Å². The van der Waals surface area contributed by atoms with Crippen LogP contribution in [0.25, 0.3) is 10.9 Å². The average Bonchev–Trinajstić information content (AvgIpc) is 3.61. The maximum absolute atomic E-state index is 14.9. The number of terminal acetylenes is 1. The number of amides is 2. The van der Waals surface area contributed by atoms with Crippen molar-refractivity contribution in [3.63, 3.8) is 0 Å². The zero-order chi connectivity index (χ0) is 28.2. The Morgan fingerprint density at radius 1 is 1.20 bits per heavy atom. The van der Waals surface area contributed by atoms with Gasteiger partial charge in [-0.15, -0.1) is 6.42 Å². The van der Waals surface area contributed by atoms with E-state index >= 15 is 0 Å². The molecule has 1 unspecified atom stereocenters. The van der Waals surface area contributed by atoms with Crippen molar-refractivity contribution in [2.45, 2.75) is 38.8 Å². The molecule has 2 aromatic carbocycles.